The van der Waals surface area contributed by atoms with Gasteiger partial charge in [-0.1, -0.05) is 188 Å². The quantitative estimate of drug-likeness (QED) is 0.167. The number of nitrogens with zero attached hydrogens (tertiary/aromatic N) is 3. The molecule has 3 heteroatoms. The minimum absolute atomic E-state index is 0.617. The molecule has 0 saturated heterocycles. The highest BCUT2D eigenvalue weighted by Crippen LogP contribution is 2.66. The van der Waals surface area contributed by atoms with Crippen molar-refractivity contribution in [1.82, 2.24) is 13.7 Å². The molecular formula is C67H41N3. The van der Waals surface area contributed by atoms with E-state index in [1.165, 1.54) is 121 Å². The van der Waals surface area contributed by atoms with Crippen molar-refractivity contribution in [1.29, 1.82) is 0 Å². The fourth-order valence-corrected chi connectivity index (χ4v) is 13.1. The summed E-state index contributed by atoms with van der Waals surface area (Å²) in [6.07, 6.45) is 0. The molecule has 0 saturated carbocycles. The monoisotopic (exact) mass is 887 g/mol. The molecule has 0 N–H and O–H groups in total. The van der Waals surface area contributed by atoms with Crippen molar-refractivity contribution in [2.45, 2.75) is 5.41 Å². The van der Waals surface area contributed by atoms with Crippen molar-refractivity contribution in [2.24, 2.45) is 0 Å². The van der Waals surface area contributed by atoms with Gasteiger partial charge < -0.3 is 13.7 Å². The van der Waals surface area contributed by atoms with E-state index in [-0.39, 0.29) is 0 Å². The molecule has 11 aromatic carbocycles. The topological polar surface area (TPSA) is 14.8 Å². The maximum absolute atomic E-state index is 2.56. The molecule has 1 spiro atoms. The summed E-state index contributed by atoms with van der Waals surface area (Å²) >= 11 is 0. The van der Waals surface area contributed by atoms with Crippen molar-refractivity contribution in [2.75, 3.05) is 0 Å². The molecule has 70 heavy (non-hydrogen) atoms. The molecule has 16 rings (SSSR count). The van der Waals surface area contributed by atoms with Gasteiger partial charge >= 0.3 is 0 Å². The summed E-state index contributed by atoms with van der Waals surface area (Å²) in [4.78, 5) is 0. The van der Waals surface area contributed by atoms with E-state index in [9.17, 15) is 0 Å². The normalized spacial score (nSPS) is 14.6. The van der Waals surface area contributed by atoms with Gasteiger partial charge in [-0.3, -0.25) is 0 Å². The highest BCUT2D eigenvalue weighted by atomic mass is 15.0. The van der Waals surface area contributed by atoms with E-state index in [1.54, 1.807) is 0 Å². The third kappa shape index (κ3) is 4.78. The van der Waals surface area contributed by atoms with Gasteiger partial charge in [-0.25, -0.2) is 0 Å². The lowest BCUT2D eigenvalue weighted by molar-refractivity contribution is 0.797. The molecule has 0 amide bonds. The molecule has 0 fully saturated rings. The molecule has 1 atom stereocenters. The van der Waals surface area contributed by atoms with Crippen LogP contribution in [-0.2, 0) is 5.41 Å². The Labute approximate surface area is 404 Å². The van der Waals surface area contributed by atoms with Gasteiger partial charge in [0.05, 0.1) is 38.5 Å². The smallest absolute Gasteiger partial charge is 0.0747 e. The predicted octanol–water partition coefficient (Wildman–Crippen LogP) is 17.0. The Morgan fingerprint density at radius 1 is 0.257 bits per heavy atom. The van der Waals surface area contributed by atoms with Gasteiger partial charge in [-0.2, -0.15) is 0 Å². The van der Waals surface area contributed by atoms with E-state index in [0.29, 0.717) is 0 Å². The Morgan fingerprint density at radius 3 is 1.46 bits per heavy atom. The van der Waals surface area contributed by atoms with Crippen LogP contribution in [0.2, 0.25) is 0 Å². The van der Waals surface area contributed by atoms with Crippen molar-refractivity contribution in [3.05, 3.63) is 271 Å². The zero-order valence-electron chi connectivity index (χ0n) is 38.0. The first-order chi connectivity index (χ1) is 34.8. The Balaban J connectivity index is 1.03. The zero-order valence-corrected chi connectivity index (χ0v) is 38.0. The number of hydrogen-bond acceptors (Lipinski definition) is 0. The molecule has 2 aliphatic carbocycles. The number of hydrogen-bond donors (Lipinski definition) is 0. The molecule has 0 aliphatic heterocycles. The first kappa shape index (κ1) is 37.9. The Hall–Kier alpha value is -9.18. The van der Waals surface area contributed by atoms with Gasteiger partial charge in [0.1, 0.15) is 0 Å². The maximum atomic E-state index is 2.56. The van der Waals surface area contributed by atoms with Crippen LogP contribution >= 0.6 is 0 Å². The summed E-state index contributed by atoms with van der Waals surface area (Å²) in [6, 6.07) is 92.9. The van der Waals surface area contributed by atoms with E-state index in [2.05, 4.69) is 262 Å². The summed E-state index contributed by atoms with van der Waals surface area (Å²) in [5, 5.41) is 7.51. The van der Waals surface area contributed by atoms with E-state index < -0.39 is 5.41 Å². The van der Waals surface area contributed by atoms with Crippen molar-refractivity contribution < 1.29 is 0 Å². The third-order valence-electron chi connectivity index (χ3n) is 15.8. The summed E-state index contributed by atoms with van der Waals surface area (Å²) in [5.74, 6) is 0. The molecule has 3 nitrogen and oxygen atoms in total. The van der Waals surface area contributed by atoms with E-state index >= 15 is 0 Å². The lowest BCUT2D eigenvalue weighted by Gasteiger charge is -2.31. The molecule has 14 aromatic rings. The van der Waals surface area contributed by atoms with Crippen LogP contribution in [0, 0.1) is 0 Å². The lowest BCUT2D eigenvalue weighted by atomic mass is 9.70. The average Bonchev–Trinajstić information content (AvgIpc) is 4.21. The lowest BCUT2D eigenvalue weighted by Crippen LogP contribution is -2.26. The average molecular weight is 888 g/mol. The van der Waals surface area contributed by atoms with Gasteiger partial charge in [0.2, 0.25) is 0 Å². The number of fused-ring (bicyclic) bond motifs is 21. The van der Waals surface area contributed by atoms with Crippen LogP contribution in [0.15, 0.2) is 249 Å². The fourth-order valence-electron chi connectivity index (χ4n) is 13.1. The summed E-state index contributed by atoms with van der Waals surface area (Å²) < 4.78 is 7.55. The predicted molar refractivity (Wildman–Crippen MR) is 291 cm³/mol. The minimum Gasteiger partial charge on any atom is -0.309 e. The van der Waals surface area contributed by atoms with Crippen LogP contribution < -0.4 is 0 Å². The van der Waals surface area contributed by atoms with Crippen LogP contribution in [0.3, 0.4) is 0 Å². The fraction of sp³-hybridized carbons (Fsp3) is 0.0149. The first-order valence-electron chi connectivity index (χ1n) is 24.4. The van der Waals surface area contributed by atoms with Gasteiger partial charge in [0.25, 0.3) is 0 Å². The van der Waals surface area contributed by atoms with Crippen molar-refractivity contribution >= 4 is 65.4 Å². The molecule has 2 aliphatic rings. The molecular weight excluding hydrogens is 847 g/mol. The summed E-state index contributed by atoms with van der Waals surface area (Å²) in [5.41, 5.74) is 23.0. The molecule has 3 heterocycles. The zero-order chi connectivity index (χ0) is 45.7. The standard InChI is InChI=1S/C67H41N3/c1-3-17-42(18-4-1)43-31-33-45(34-32-43)70-61-30-16-11-24-50(61)52-37-36-51-47-21-7-12-26-56(47)67(64(51)66(52)70)57-27-13-8-25-54(57)63-58(67)39-38-53-55-41-46(35-40-62(55)69(65(53)63)44-19-5-2-6-20-44)68-59-28-14-9-22-48(59)49-23-10-15-29-60(49)68/h1-41H. The van der Waals surface area contributed by atoms with Gasteiger partial charge in [0.15, 0.2) is 0 Å². The number of para-hydroxylation sites is 4. The summed E-state index contributed by atoms with van der Waals surface area (Å²) in [7, 11) is 0. The highest BCUT2D eigenvalue weighted by Gasteiger charge is 2.54. The van der Waals surface area contributed by atoms with Crippen LogP contribution in [0.5, 0.6) is 0 Å². The second kappa shape index (κ2) is 13.9. The van der Waals surface area contributed by atoms with Gasteiger partial charge in [-0.05, 0) is 105 Å². The molecule has 324 valence electrons. The second-order valence-electron chi connectivity index (χ2n) is 19.1. The van der Waals surface area contributed by atoms with E-state index in [0.717, 1.165) is 17.1 Å². The van der Waals surface area contributed by atoms with Crippen LogP contribution in [0.1, 0.15) is 22.3 Å². The van der Waals surface area contributed by atoms with Gasteiger partial charge in [0, 0.05) is 60.5 Å². The van der Waals surface area contributed by atoms with E-state index in [1.807, 2.05) is 0 Å². The SMILES string of the molecule is c1ccc(-c2ccc(-n3c4ccccc4c4ccc5c(c43)C3(c4ccccc4-5)c4ccccc4-c4c3ccc3c5cc(-n6c7ccccc7c7ccccc76)ccc5n(-c5ccccc5)c43)cc2)cc1. The number of benzene rings is 11. The highest BCUT2D eigenvalue weighted by molar-refractivity contribution is 6.19. The summed E-state index contributed by atoms with van der Waals surface area (Å²) in [6.45, 7) is 0. The largest absolute Gasteiger partial charge is 0.309 e. The van der Waals surface area contributed by atoms with E-state index in [4.69, 9.17) is 0 Å². The second-order valence-corrected chi connectivity index (χ2v) is 19.1. The van der Waals surface area contributed by atoms with Crippen LogP contribution in [-0.4, -0.2) is 13.7 Å². The van der Waals surface area contributed by atoms with Crippen LogP contribution in [0.25, 0.3) is 116 Å². The van der Waals surface area contributed by atoms with Gasteiger partial charge in [-0.15, -0.1) is 0 Å². The number of aromatic nitrogens is 3. The molecule has 0 bridgehead atoms. The van der Waals surface area contributed by atoms with Crippen LogP contribution in [0.4, 0.5) is 0 Å². The maximum Gasteiger partial charge on any atom is 0.0747 e. The minimum atomic E-state index is -0.617. The molecule has 0 radical (unpaired) electrons. The van der Waals surface area contributed by atoms with Crippen molar-refractivity contribution in [3.63, 3.8) is 0 Å². The van der Waals surface area contributed by atoms with Crippen molar-refractivity contribution in [3.8, 4) is 50.4 Å². The Kier molecular flexibility index (Phi) is 7.54. The first-order valence-corrected chi connectivity index (χ1v) is 24.4. The Morgan fingerprint density at radius 2 is 0.743 bits per heavy atom. The Bertz CT molecular complexity index is 4460. The molecule has 1 unspecified atom stereocenters. The molecule has 3 aromatic heterocycles. The number of rotatable bonds is 4. The third-order valence-corrected chi connectivity index (χ3v) is 15.8.